The molecule has 1 amide bonds. The zero-order chi connectivity index (χ0) is 17.8. The maximum absolute atomic E-state index is 13.0. The third kappa shape index (κ3) is 4.53. The summed E-state index contributed by atoms with van der Waals surface area (Å²) >= 11 is 0. The number of hydrogen-bond donors (Lipinski definition) is 1. The molecule has 0 spiro atoms. The van der Waals surface area contributed by atoms with Gasteiger partial charge in [0.2, 0.25) is 5.91 Å². The molecule has 1 aromatic carbocycles. The van der Waals surface area contributed by atoms with Crippen molar-refractivity contribution in [3.05, 3.63) is 29.8 Å². The van der Waals surface area contributed by atoms with Gasteiger partial charge in [-0.15, -0.1) is 0 Å². The van der Waals surface area contributed by atoms with E-state index in [2.05, 4.69) is 11.8 Å². The van der Waals surface area contributed by atoms with Crippen LogP contribution in [0.2, 0.25) is 0 Å². The molecule has 5 heteroatoms. The fourth-order valence-electron chi connectivity index (χ4n) is 3.83. The molecular weight excluding hydrogens is 316 g/mol. The highest BCUT2D eigenvalue weighted by atomic mass is 16.5. The van der Waals surface area contributed by atoms with E-state index < -0.39 is 0 Å². The maximum atomic E-state index is 13.0. The molecule has 1 aliphatic carbocycles. The number of likely N-dealkylation sites (tertiary alicyclic amines) is 1. The highest BCUT2D eigenvalue weighted by Crippen LogP contribution is 2.30. The van der Waals surface area contributed by atoms with E-state index in [1.54, 1.807) is 7.11 Å². The van der Waals surface area contributed by atoms with Gasteiger partial charge in [0.1, 0.15) is 5.75 Å². The van der Waals surface area contributed by atoms with Gasteiger partial charge in [0, 0.05) is 18.6 Å². The summed E-state index contributed by atoms with van der Waals surface area (Å²) in [5.41, 5.74) is 1.13. The van der Waals surface area contributed by atoms with Crippen LogP contribution in [-0.4, -0.2) is 59.7 Å². The first-order valence-electron chi connectivity index (χ1n) is 9.39. The van der Waals surface area contributed by atoms with Crippen molar-refractivity contribution >= 4 is 5.91 Å². The minimum absolute atomic E-state index is 0.111. The van der Waals surface area contributed by atoms with Crippen molar-refractivity contribution in [3.63, 3.8) is 0 Å². The molecule has 5 nitrogen and oxygen atoms in total. The lowest BCUT2D eigenvalue weighted by molar-refractivity contribution is -0.135. The van der Waals surface area contributed by atoms with Gasteiger partial charge in [-0.3, -0.25) is 9.69 Å². The van der Waals surface area contributed by atoms with Gasteiger partial charge in [-0.05, 0) is 55.8 Å². The normalized spacial score (nSPS) is 24.1. The Morgan fingerprint density at radius 2 is 2.00 bits per heavy atom. The van der Waals surface area contributed by atoms with Crippen LogP contribution in [0.3, 0.4) is 0 Å². The van der Waals surface area contributed by atoms with Crippen LogP contribution < -0.4 is 4.74 Å². The fourth-order valence-corrected chi connectivity index (χ4v) is 3.83. The molecule has 1 saturated heterocycles. The van der Waals surface area contributed by atoms with Crippen LogP contribution in [0.4, 0.5) is 0 Å². The average molecular weight is 346 g/mol. The van der Waals surface area contributed by atoms with Crippen molar-refractivity contribution < 1.29 is 14.6 Å². The molecular formula is C20H30N2O3. The molecule has 1 aliphatic heterocycles. The zero-order valence-corrected chi connectivity index (χ0v) is 15.4. The third-order valence-electron chi connectivity index (χ3n) is 5.58. The van der Waals surface area contributed by atoms with Crippen molar-refractivity contribution in [3.8, 4) is 5.75 Å². The van der Waals surface area contributed by atoms with Crippen molar-refractivity contribution in [1.82, 2.24) is 9.80 Å². The van der Waals surface area contributed by atoms with Crippen LogP contribution in [-0.2, 0) is 11.3 Å². The number of nitrogens with zero attached hydrogens (tertiary/aromatic N) is 2. The monoisotopic (exact) mass is 346 g/mol. The van der Waals surface area contributed by atoms with Crippen LogP contribution in [0.15, 0.2) is 24.3 Å². The van der Waals surface area contributed by atoms with Gasteiger partial charge in [-0.25, -0.2) is 0 Å². The average Bonchev–Trinajstić information content (AvgIpc) is 3.45. The summed E-state index contributed by atoms with van der Waals surface area (Å²) in [4.78, 5) is 17.2. The number of carbonyl (C=O) groups is 1. The Kier molecular flexibility index (Phi) is 5.97. The quantitative estimate of drug-likeness (QED) is 0.823. The maximum Gasteiger partial charge on any atom is 0.237 e. The number of rotatable bonds is 7. The molecule has 3 rings (SSSR count). The SMILES string of the molecule is COc1ccc(CN(C(=O)CN2CCCC(C)C2CO)C2CC2)cc1. The summed E-state index contributed by atoms with van der Waals surface area (Å²) in [5, 5.41) is 9.71. The second-order valence-electron chi connectivity index (χ2n) is 7.44. The minimum Gasteiger partial charge on any atom is -0.497 e. The van der Waals surface area contributed by atoms with E-state index in [1.165, 1.54) is 0 Å². The fraction of sp³-hybridized carbons (Fsp3) is 0.650. The predicted molar refractivity (Wildman–Crippen MR) is 97.4 cm³/mol. The molecule has 1 heterocycles. The van der Waals surface area contributed by atoms with Gasteiger partial charge in [-0.2, -0.15) is 0 Å². The van der Waals surface area contributed by atoms with E-state index in [-0.39, 0.29) is 18.6 Å². The molecule has 138 valence electrons. The first-order chi connectivity index (χ1) is 12.1. The van der Waals surface area contributed by atoms with Crippen LogP contribution in [0.25, 0.3) is 0 Å². The second kappa shape index (κ2) is 8.19. The van der Waals surface area contributed by atoms with Gasteiger partial charge < -0.3 is 14.7 Å². The molecule has 25 heavy (non-hydrogen) atoms. The number of benzene rings is 1. The number of amides is 1. The largest absolute Gasteiger partial charge is 0.497 e. The second-order valence-corrected chi connectivity index (χ2v) is 7.44. The Labute approximate surface area is 150 Å². The van der Waals surface area contributed by atoms with E-state index in [4.69, 9.17) is 4.74 Å². The highest BCUT2D eigenvalue weighted by molar-refractivity contribution is 5.79. The van der Waals surface area contributed by atoms with E-state index in [0.29, 0.717) is 25.0 Å². The topological polar surface area (TPSA) is 53.0 Å². The van der Waals surface area contributed by atoms with E-state index in [0.717, 1.165) is 43.5 Å². The molecule has 2 fully saturated rings. The number of aliphatic hydroxyl groups is 1. The molecule has 2 aliphatic rings. The first-order valence-corrected chi connectivity index (χ1v) is 9.39. The summed E-state index contributed by atoms with van der Waals surface area (Å²) in [6, 6.07) is 8.43. The Morgan fingerprint density at radius 1 is 1.28 bits per heavy atom. The Morgan fingerprint density at radius 3 is 2.60 bits per heavy atom. The van der Waals surface area contributed by atoms with E-state index >= 15 is 0 Å². The van der Waals surface area contributed by atoms with Crippen molar-refractivity contribution in [2.24, 2.45) is 5.92 Å². The van der Waals surface area contributed by atoms with Gasteiger partial charge in [0.05, 0.1) is 20.3 Å². The van der Waals surface area contributed by atoms with Crippen LogP contribution in [0.1, 0.15) is 38.2 Å². The summed E-state index contributed by atoms with van der Waals surface area (Å²) in [6.07, 6.45) is 4.43. The smallest absolute Gasteiger partial charge is 0.237 e. The van der Waals surface area contributed by atoms with Crippen molar-refractivity contribution in [2.45, 2.75) is 51.2 Å². The number of aliphatic hydroxyl groups excluding tert-OH is 1. The van der Waals surface area contributed by atoms with Crippen molar-refractivity contribution in [1.29, 1.82) is 0 Å². The molecule has 0 radical (unpaired) electrons. The molecule has 0 aromatic heterocycles. The standard InChI is InChI=1S/C20H30N2O3/c1-15-4-3-11-21(19(15)14-23)13-20(24)22(17-7-8-17)12-16-5-9-18(25-2)10-6-16/h5-6,9-10,15,17,19,23H,3-4,7-8,11-14H2,1-2H3. The first kappa shape index (κ1) is 18.2. The molecule has 2 atom stereocenters. The molecule has 1 aromatic rings. The number of hydrogen-bond acceptors (Lipinski definition) is 4. The summed E-state index contributed by atoms with van der Waals surface area (Å²) in [5.74, 6) is 1.47. The van der Waals surface area contributed by atoms with Gasteiger partial charge >= 0.3 is 0 Å². The Bertz CT molecular complexity index is 571. The number of methoxy groups -OCH3 is 1. The van der Waals surface area contributed by atoms with E-state index in [9.17, 15) is 9.90 Å². The minimum atomic E-state index is 0.111. The summed E-state index contributed by atoms with van der Waals surface area (Å²) in [7, 11) is 1.66. The van der Waals surface area contributed by atoms with Crippen LogP contribution >= 0.6 is 0 Å². The summed E-state index contributed by atoms with van der Waals surface area (Å²) in [6.45, 7) is 4.29. The van der Waals surface area contributed by atoms with Gasteiger partial charge in [0.15, 0.2) is 0 Å². The lowest BCUT2D eigenvalue weighted by atomic mass is 9.91. The van der Waals surface area contributed by atoms with Crippen LogP contribution in [0, 0.1) is 5.92 Å². The Balaban J connectivity index is 1.64. The number of carbonyl (C=O) groups excluding carboxylic acids is 1. The van der Waals surface area contributed by atoms with Gasteiger partial charge in [-0.1, -0.05) is 19.1 Å². The van der Waals surface area contributed by atoms with Crippen molar-refractivity contribution in [2.75, 3.05) is 26.8 Å². The third-order valence-corrected chi connectivity index (χ3v) is 5.58. The molecule has 2 unspecified atom stereocenters. The zero-order valence-electron chi connectivity index (χ0n) is 15.4. The highest BCUT2D eigenvalue weighted by Gasteiger charge is 2.35. The predicted octanol–water partition coefficient (Wildman–Crippen LogP) is 2.28. The number of ether oxygens (including phenoxy) is 1. The lowest BCUT2D eigenvalue weighted by Gasteiger charge is -2.39. The van der Waals surface area contributed by atoms with Crippen LogP contribution in [0.5, 0.6) is 5.75 Å². The molecule has 1 saturated carbocycles. The molecule has 0 bridgehead atoms. The van der Waals surface area contributed by atoms with E-state index in [1.807, 2.05) is 29.2 Å². The summed E-state index contributed by atoms with van der Waals surface area (Å²) < 4.78 is 5.21. The molecule has 1 N–H and O–H groups in total. The Hall–Kier alpha value is -1.59. The number of piperidine rings is 1. The van der Waals surface area contributed by atoms with Gasteiger partial charge in [0.25, 0.3) is 0 Å². The lowest BCUT2D eigenvalue weighted by Crippen LogP contribution is -2.51.